The van der Waals surface area contributed by atoms with Crippen LogP contribution >= 0.6 is 0 Å². The van der Waals surface area contributed by atoms with Gasteiger partial charge >= 0.3 is 0 Å². The summed E-state index contributed by atoms with van der Waals surface area (Å²) in [4.78, 5) is 11.0. The van der Waals surface area contributed by atoms with Crippen molar-refractivity contribution in [2.24, 2.45) is 0 Å². The van der Waals surface area contributed by atoms with Gasteiger partial charge in [0.1, 0.15) is 17.4 Å². The van der Waals surface area contributed by atoms with Gasteiger partial charge in [0.2, 0.25) is 16.0 Å². The molecule has 3 aromatic rings. The minimum atomic E-state index is -3.75. The number of aromatic nitrogens is 2. The zero-order valence-electron chi connectivity index (χ0n) is 17.8. The molecule has 2 heterocycles. The van der Waals surface area contributed by atoms with Gasteiger partial charge in [-0.25, -0.2) is 17.8 Å². The monoisotopic (exact) mass is 457 g/mol. The predicted molar refractivity (Wildman–Crippen MR) is 120 cm³/mol. The molecule has 0 spiro atoms. The molecule has 1 saturated heterocycles. The Hall–Kier alpha value is -3.24. The molecule has 168 valence electrons. The molecule has 1 aromatic heterocycles. The largest absolute Gasteiger partial charge is 0.497 e. The fourth-order valence-electron chi connectivity index (χ4n) is 3.49. The second kappa shape index (κ2) is 9.09. The van der Waals surface area contributed by atoms with Gasteiger partial charge in [-0.3, -0.25) is 0 Å². The number of nitrogens with zero attached hydrogens (tertiary/aromatic N) is 4. The molecule has 0 atom stereocenters. The second-order valence-corrected chi connectivity index (χ2v) is 9.33. The maximum Gasteiger partial charge on any atom is 0.243 e. The van der Waals surface area contributed by atoms with E-state index < -0.39 is 15.8 Å². The van der Waals surface area contributed by atoms with E-state index >= 15 is 0 Å². The lowest BCUT2D eigenvalue weighted by Gasteiger charge is -2.34. The van der Waals surface area contributed by atoms with Crippen LogP contribution in [0.4, 0.5) is 21.8 Å². The molecule has 1 fully saturated rings. The maximum absolute atomic E-state index is 13.5. The first kappa shape index (κ1) is 22.0. The van der Waals surface area contributed by atoms with Crippen molar-refractivity contribution < 1.29 is 17.5 Å². The van der Waals surface area contributed by atoms with E-state index in [1.54, 1.807) is 7.11 Å². The van der Waals surface area contributed by atoms with E-state index in [1.807, 2.05) is 42.2 Å². The molecule has 0 saturated carbocycles. The summed E-state index contributed by atoms with van der Waals surface area (Å²) < 4.78 is 45.7. The van der Waals surface area contributed by atoms with E-state index in [4.69, 9.17) is 4.74 Å². The van der Waals surface area contributed by atoms with Gasteiger partial charge in [-0.2, -0.15) is 9.29 Å². The highest BCUT2D eigenvalue weighted by atomic mass is 32.2. The molecule has 0 unspecified atom stereocenters. The summed E-state index contributed by atoms with van der Waals surface area (Å²) in [5, 5.41) is 3.26. The highest BCUT2D eigenvalue weighted by Crippen LogP contribution is 2.23. The van der Waals surface area contributed by atoms with Crippen molar-refractivity contribution in [3.8, 4) is 5.75 Å². The quantitative estimate of drug-likeness (QED) is 0.608. The number of nitrogens with one attached hydrogen (secondary N) is 1. The molecule has 0 amide bonds. The number of halogens is 1. The lowest BCUT2D eigenvalue weighted by atomic mass is 10.3. The van der Waals surface area contributed by atoms with Crippen LogP contribution in [0.15, 0.2) is 59.5 Å². The van der Waals surface area contributed by atoms with E-state index in [9.17, 15) is 12.8 Å². The minimum Gasteiger partial charge on any atom is -0.497 e. The summed E-state index contributed by atoms with van der Waals surface area (Å²) in [5.41, 5.74) is 1.65. The lowest BCUT2D eigenvalue weighted by Crippen LogP contribution is -2.49. The number of hydrogen-bond acceptors (Lipinski definition) is 7. The van der Waals surface area contributed by atoms with Crippen LogP contribution in [0.1, 0.15) is 5.69 Å². The first-order valence-electron chi connectivity index (χ1n) is 10.1. The Balaban J connectivity index is 1.46. The normalized spacial score (nSPS) is 14.9. The molecular weight excluding hydrogens is 433 g/mol. The number of anilines is 3. The Morgan fingerprint density at radius 2 is 1.72 bits per heavy atom. The van der Waals surface area contributed by atoms with Crippen molar-refractivity contribution >= 4 is 27.5 Å². The van der Waals surface area contributed by atoms with Gasteiger partial charge < -0.3 is 15.0 Å². The standard InChI is InChI=1S/C22H24FN5O3S/c1-16-14-21(25-18-6-8-19(31-2)9-7-18)26-22(24-16)27-10-12-28(13-11-27)32(29,30)20-5-3-4-17(23)15-20/h3-9,14-15H,10-13H2,1-2H3,(H,24,25,26). The van der Waals surface area contributed by atoms with Crippen molar-refractivity contribution in [3.05, 3.63) is 66.1 Å². The molecule has 0 aliphatic carbocycles. The Morgan fingerprint density at radius 3 is 2.38 bits per heavy atom. The molecule has 1 N–H and O–H groups in total. The van der Waals surface area contributed by atoms with Crippen molar-refractivity contribution in [2.45, 2.75) is 11.8 Å². The molecule has 2 aromatic carbocycles. The van der Waals surface area contributed by atoms with Gasteiger partial charge in [-0.15, -0.1) is 0 Å². The zero-order chi connectivity index (χ0) is 22.7. The molecular formula is C22H24FN5O3S. The predicted octanol–water partition coefficient (Wildman–Crippen LogP) is 3.19. The Morgan fingerprint density at radius 1 is 1.00 bits per heavy atom. The molecule has 32 heavy (non-hydrogen) atoms. The minimum absolute atomic E-state index is 0.0382. The van der Waals surface area contributed by atoms with E-state index in [-0.39, 0.29) is 18.0 Å². The van der Waals surface area contributed by atoms with Gasteiger partial charge in [0.15, 0.2) is 0 Å². The Labute approximate surface area is 186 Å². The summed E-state index contributed by atoms with van der Waals surface area (Å²) in [5.74, 6) is 1.37. The average molecular weight is 458 g/mol. The van der Waals surface area contributed by atoms with Crippen LogP contribution < -0.4 is 15.0 Å². The number of sulfonamides is 1. The number of hydrogen-bond donors (Lipinski definition) is 1. The van der Waals surface area contributed by atoms with Crippen molar-refractivity contribution in [3.63, 3.8) is 0 Å². The van der Waals surface area contributed by atoms with Crippen LogP contribution in [0, 0.1) is 12.7 Å². The molecule has 1 aliphatic rings. The molecule has 0 bridgehead atoms. The first-order valence-corrected chi connectivity index (χ1v) is 11.6. The molecule has 4 rings (SSSR count). The zero-order valence-corrected chi connectivity index (χ0v) is 18.6. The van der Waals surface area contributed by atoms with Crippen LogP contribution in [0.3, 0.4) is 0 Å². The number of ether oxygens (including phenoxy) is 1. The molecule has 0 radical (unpaired) electrons. The third-order valence-corrected chi connectivity index (χ3v) is 7.05. The summed E-state index contributed by atoms with van der Waals surface area (Å²) >= 11 is 0. The highest BCUT2D eigenvalue weighted by molar-refractivity contribution is 7.89. The molecule has 10 heteroatoms. The van der Waals surface area contributed by atoms with Gasteiger partial charge in [0.25, 0.3) is 0 Å². The highest BCUT2D eigenvalue weighted by Gasteiger charge is 2.29. The fraction of sp³-hybridized carbons (Fsp3) is 0.273. The second-order valence-electron chi connectivity index (χ2n) is 7.40. The van der Waals surface area contributed by atoms with Crippen molar-refractivity contribution in [2.75, 3.05) is 43.5 Å². The van der Waals surface area contributed by atoms with E-state index in [1.165, 1.54) is 22.5 Å². The summed E-state index contributed by atoms with van der Waals surface area (Å²) in [6, 6.07) is 14.4. The maximum atomic E-state index is 13.5. The van der Waals surface area contributed by atoms with Crippen LogP contribution in [-0.4, -0.2) is 56.0 Å². The number of aryl methyl sites for hydroxylation is 1. The van der Waals surface area contributed by atoms with Crippen LogP contribution in [0.5, 0.6) is 5.75 Å². The summed E-state index contributed by atoms with van der Waals surface area (Å²) in [6.45, 7) is 3.27. The number of rotatable bonds is 6. The third kappa shape index (κ3) is 4.81. The summed E-state index contributed by atoms with van der Waals surface area (Å²) in [6.07, 6.45) is 0. The van der Waals surface area contributed by atoms with Crippen LogP contribution in [0.2, 0.25) is 0 Å². The molecule has 1 aliphatic heterocycles. The van der Waals surface area contributed by atoms with Crippen LogP contribution in [0.25, 0.3) is 0 Å². The van der Waals surface area contributed by atoms with Gasteiger partial charge in [0.05, 0.1) is 12.0 Å². The molecule has 8 nitrogen and oxygen atoms in total. The van der Waals surface area contributed by atoms with Gasteiger partial charge in [-0.05, 0) is 49.4 Å². The van der Waals surface area contributed by atoms with E-state index in [0.29, 0.717) is 24.9 Å². The Bertz CT molecular complexity index is 1200. The third-order valence-electron chi connectivity index (χ3n) is 5.16. The van der Waals surface area contributed by atoms with Gasteiger partial charge in [-0.1, -0.05) is 6.07 Å². The van der Waals surface area contributed by atoms with Crippen LogP contribution in [-0.2, 0) is 10.0 Å². The fourth-order valence-corrected chi connectivity index (χ4v) is 4.94. The number of methoxy groups -OCH3 is 1. The first-order chi connectivity index (χ1) is 15.3. The smallest absolute Gasteiger partial charge is 0.243 e. The SMILES string of the molecule is COc1ccc(Nc2cc(C)nc(N3CCN(S(=O)(=O)c4cccc(F)c4)CC3)n2)cc1. The Kier molecular flexibility index (Phi) is 6.24. The number of benzene rings is 2. The van der Waals surface area contributed by atoms with E-state index in [2.05, 4.69) is 15.3 Å². The van der Waals surface area contributed by atoms with E-state index in [0.717, 1.165) is 23.2 Å². The lowest BCUT2D eigenvalue weighted by molar-refractivity contribution is 0.382. The van der Waals surface area contributed by atoms with Crippen molar-refractivity contribution in [1.82, 2.24) is 14.3 Å². The average Bonchev–Trinajstić information content (AvgIpc) is 2.79. The topological polar surface area (TPSA) is 87.7 Å². The summed E-state index contributed by atoms with van der Waals surface area (Å²) in [7, 11) is -2.13. The van der Waals surface area contributed by atoms with Crippen molar-refractivity contribution in [1.29, 1.82) is 0 Å². The number of piperazine rings is 1. The van der Waals surface area contributed by atoms with Gasteiger partial charge in [0, 0.05) is 43.6 Å².